The molecule has 0 spiro atoms. The first-order chi connectivity index (χ1) is 17.1. The van der Waals surface area contributed by atoms with Crippen LogP contribution < -0.4 is 0 Å². The molecule has 3 aromatic carbocycles. The van der Waals surface area contributed by atoms with E-state index in [1.165, 1.54) is 98.6 Å². The SMILES string of the molecule is CCCCCCCCN(CCCCCCCC)C[C@@H](O)c1ccc2cc(Br)c3ccccc3c2c1. The lowest BCUT2D eigenvalue weighted by Crippen LogP contribution is -2.31. The van der Waals surface area contributed by atoms with Gasteiger partial charge in [0, 0.05) is 11.0 Å². The summed E-state index contributed by atoms with van der Waals surface area (Å²) >= 11 is 3.73. The van der Waals surface area contributed by atoms with E-state index in [2.05, 4.69) is 83.2 Å². The van der Waals surface area contributed by atoms with Gasteiger partial charge in [-0.1, -0.05) is 130 Å². The number of hydrogen-bond donors (Lipinski definition) is 1. The molecule has 0 aromatic heterocycles. The smallest absolute Gasteiger partial charge is 0.0917 e. The van der Waals surface area contributed by atoms with Crippen molar-refractivity contribution in [3.05, 3.63) is 58.6 Å². The molecule has 0 heterocycles. The molecule has 2 nitrogen and oxygen atoms in total. The molecule has 3 rings (SSSR count). The number of aliphatic hydroxyl groups excluding tert-OH is 1. The van der Waals surface area contributed by atoms with E-state index in [4.69, 9.17) is 0 Å². The molecule has 3 aromatic rings. The highest BCUT2D eigenvalue weighted by Crippen LogP contribution is 2.33. The minimum Gasteiger partial charge on any atom is -0.387 e. The van der Waals surface area contributed by atoms with Gasteiger partial charge in [0.25, 0.3) is 0 Å². The van der Waals surface area contributed by atoms with Crippen LogP contribution in [-0.4, -0.2) is 29.6 Å². The van der Waals surface area contributed by atoms with Gasteiger partial charge in [-0.15, -0.1) is 0 Å². The van der Waals surface area contributed by atoms with Crippen molar-refractivity contribution in [3.63, 3.8) is 0 Å². The van der Waals surface area contributed by atoms with Gasteiger partial charge < -0.3 is 10.0 Å². The van der Waals surface area contributed by atoms with Crippen molar-refractivity contribution in [1.29, 1.82) is 0 Å². The van der Waals surface area contributed by atoms with E-state index in [1.54, 1.807) is 0 Å². The Labute approximate surface area is 222 Å². The average molecular weight is 541 g/mol. The predicted octanol–water partition coefficient (Wildman–Crippen LogP) is 9.81. The van der Waals surface area contributed by atoms with E-state index in [0.29, 0.717) is 0 Å². The number of aliphatic hydroxyl groups is 1. The van der Waals surface area contributed by atoms with Gasteiger partial charge in [0.1, 0.15) is 0 Å². The summed E-state index contributed by atoms with van der Waals surface area (Å²) in [6, 6.07) is 17.2. The van der Waals surface area contributed by atoms with Crippen LogP contribution in [0.4, 0.5) is 0 Å². The molecule has 0 saturated carbocycles. The van der Waals surface area contributed by atoms with Gasteiger partial charge in [-0.2, -0.15) is 0 Å². The molecule has 0 aliphatic carbocycles. The Morgan fingerprint density at radius 2 is 1.26 bits per heavy atom. The van der Waals surface area contributed by atoms with E-state index in [1.807, 2.05) is 0 Å². The van der Waals surface area contributed by atoms with Crippen molar-refractivity contribution < 1.29 is 5.11 Å². The molecule has 1 N–H and O–H groups in total. The maximum atomic E-state index is 11.3. The van der Waals surface area contributed by atoms with E-state index in [9.17, 15) is 5.11 Å². The number of nitrogens with zero attached hydrogens (tertiary/aromatic N) is 1. The largest absolute Gasteiger partial charge is 0.387 e. The van der Waals surface area contributed by atoms with Crippen molar-refractivity contribution in [1.82, 2.24) is 4.90 Å². The van der Waals surface area contributed by atoms with E-state index >= 15 is 0 Å². The molecule has 0 saturated heterocycles. The highest BCUT2D eigenvalue weighted by atomic mass is 79.9. The Kier molecular flexibility index (Phi) is 12.6. The number of fused-ring (bicyclic) bond motifs is 3. The van der Waals surface area contributed by atoms with Crippen molar-refractivity contribution in [2.45, 2.75) is 97.0 Å². The van der Waals surface area contributed by atoms with Crippen LogP contribution in [0.1, 0.15) is 103 Å². The van der Waals surface area contributed by atoms with Gasteiger partial charge in [0.2, 0.25) is 0 Å². The number of unbranched alkanes of at least 4 members (excludes halogenated alkanes) is 10. The molecule has 0 fully saturated rings. The van der Waals surface area contributed by atoms with E-state index < -0.39 is 6.10 Å². The van der Waals surface area contributed by atoms with Crippen LogP contribution >= 0.6 is 15.9 Å². The Bertz CT molecular complexity index is 1000. The molecule has 0 unspecified atom stereocenters. The highest BCUT2D eigenvalue weighted by Gasteiger charge is 2.15. The predicted molar refractivity (Wildman–Crippen MR) is 157 cm³/mol. The number of hydrogen-bond acceptors (Lipinski definition) is 2. The molecule has 35 heavy (non-hydrogen) atoms. The molecule has 0 bridgehead atoms. The molecule has 0 amide bonds. The van der Waals surface area contributed by atoms with Gasteiger partial charge in [0.05, 0.1) is 6.10 Å². The van der Waals surface area contributed by atoms with Crippen molar-refractivity contribution in [2.75, 3.05) is 19.6 Å². The lowest BCUT2D eigenvalue weighted by molar-refractivity contribution is 0.110. The molecule has 0 aliphatic rings. The first-order valence-corrected chi connectivity index (χ1v) is 14.9. The maximum absolute atomic E-state index is 11.3. The summed E-state index contributed by atoms with van der Waals surface area (Å²) in [6.45, 7) is 7.48. The van der Waals surface area contributed by atoms with Crippen molar-refractivity contribution in [3.8, 4) is 0 Å². The zero-order valence-corrected chi connectivity index (χ0v) is 23.7. The first-order valence-electron chi connectivity index (χ1n) is 14.1. The lowest BCUT2D eigenvalue weighted by Gasteiger charge is -2.25. The normalized spacial score (nSPS) is 12.7. The summed E-state index contributed by atoms with van der Waals surface area (Å²) in [5.41, 5.74) is 1.03. The number of benzene rings is 3. The first kappa shape index (κ1) is 28.2. The molecular formula is C32H46BrNO. The third-order valence-corrected chi connectivity index (χ3v) is 7.96. The van der Waals surface area contributed by atoms with E-state index in [0.717, 1.165) is 29.7 Å². The van der Waals surface area contributed by atoms with Gasteiger partial charge in [-0.3, -0.25) is 0 Å². The van der Waals surface area contributed by atoms with Crippen LogP contribution in [0.25, 0.3) is 21.5 Å². The topological polar surface area (TPSA) is 23.5 Å². The zero-order chi connectivity index (χ0) is 24.9. The summed E-state index contributed by atoms with van der Waals surface area (Å²) in [5.74, 6) is 0. The fourth-order valence-electron chi connectivity index (χ4n) is 5.16. The molecule has 0 aliphatic heterocycles. The maximum Gasteiger partial charge on any atom is 0.0917 e. The fourth-order valence-corrected chi connectivity index (χ4v) is 5.75. The minimum atomic E-state index is -0.456. The van der Waals surface area contributed by atoms with Crippen LogP contribution in [0.5, 0.6) is 0 Å². The summed E-state index contributed by atoms with van der Waals surface area (Å²) < 4.78 is 1.12. The van der Waals surface area contributed by atoms with Gasteiger partial charge >= 0.3 is 0 Å². The highest BCUT2D eigenvalue weighted by molar-refractivity contribution is 9.10. The molecule has 192 valence electrons. The second kappa shape index (κ2) is 15.6. The van der Waals surface area contributed by atoms with E-state index in [-0.39, 0.29) is 0 Å². The van der Waals surface area contributed by atoms with Gasteiger partial charge in [0.15, 0.2) is 0 Å². The van der Waals surface area contributed by atoms with Crippen molar-refractivity contribution >= 4 is 37.5 Å². The molecule has 0 radical (unpaired) electrons. The average Bonchev–Trinajstić information content (AvgIpc) is 2.88. The van der Waals surface area contributed by atoms with Crippen LogP contribution in [0.15, 0.2) is 53.0 Å². The molecule has 1 atom stereocenters. The Morgan fingerprint density at radius 1 is 0.686 bits per heavy atom. The van der Waals surface area contributed by atoms with Gasteiger partial charge in [-0.25, -0.2) is 0 Å². The Balaban J connectivity index is 1.65. The summed E-state index contributed by atoms with van der Waals surface area (Å²) in [5, 5.41) is 16.2. The summed E-state index contributed by atoms with van der Waals surface area (Å²) in [6.07, 6.45) is 15.3. The standard InChI is InChI=1S/C32H46BrNO/c1-3-5-7-9-11-15-21-34(22-16-12-10-8-6-4-2)25-32(35)27-20-19-26-24-31(33)29-18-14-13-17-28(29)30(26)23-27/h13-14,17-20,23-24,32,35H,3-12,15-16,21-22,25H2,1-2H3/t32-/m1/s1. The van der Waals surface area contributed by atoms with Crippen LogP contribution in [0.2, 0.25) is 0 Å². The lowest BCUT2D eigenvalue weighted by atomic mass is 9.98. The van der Waals surface area contributed by atoms with Crippen LogP contribution in [0.3, 0.4) is 0 Å². The van der Waals surface area contributed by atoms with Crippen molar-refractivity contribution in [2.24, 2.45) is 0 Å². The zero-order valence-electron chi connectivity index (χ0n) is 22.1. The summed E-state index contributed by atoms with van der Waals surface area (Å²) in [4.78, 5) is 2.52. The second-order valence-corrected chi connectivity index (χ2v) is 11.1. The fraction of sp³-hybridized carbons (Fsp3) is 0.562. The third-order valence-electron chi connectivity index (χ3n) is 7.31. The number of halogens is 1. The van der Waals surface area contributed by atoms with Gasteiger partial charge in [-0.05, 0) is 65.2 Å². The Hall–Kier alpha value is -1.42. The minimum absolute atomic E-state index is 0.456. The molecule has 3 heteroatoms. The van der Waals surface area contributed by atoms with Crippen LogP contribution in [-0.2, 0) is 0 Å². The third kappa shape index (κ3) is 8.88. The molecular weight excluding hydrogens is 494 g/mol. The number of rotatable bonds is 17. The quantitative estimate of drug-likeness (QED) is 0.136. The second-order valence-electron chi connectivity index (χ2n) is 10.2. The summed E-state index contributed by atoms with van der Waals surface area (Å²) in [7, 11) is 0. The monoisotopic (exact) mass is 539 g/mol. The van der Waals surface area contributed by atoms with Crippen LogP contribution in [0, 0.1) is 0 Å². The Morgan fingerprint density at radius 3 is 1.89 bits per heavy atom.